The van der Waals surface area contributed by atoms with Crippen molar-refractivity contribution in [2.24, 2.45) is 0 Å². The summed E-state index contributed by atoms with van der Waals surface area (Å²) in [6, 6.07) is 0.769. The first-order valence-corrected chi connectivity index (χ1v) is 9.39. The normalized spacial score (nSPS) is 19.0. The van der Waals surface area contributed by atoms with Gasteiger partial charge in [-0.15, -0.1) is 0 Å². The maximum absolute atomic E-state index is 12.3. The van der Waals surface area contributed by atoms with Crippen LogP contribution in [-0.2, 0) is 4.79 Å². The van der Waals surface area contributed by atoms with Crippen molar-refractivity contribution in [1.82, 2.24) is 25.6 Å². The quantitative estimate of drug-likeness (QED) is 0.415. The standard InChI is InChI=1S/C15H19IN6O2/c16-7-11(23)13(9-3-1-2-5-17-9)22-15(24)21-12-8-19-14-10(20-12)4-6-18-14/h4,6,8-9,13,17H,1-3,5,7H2,(H,18,19)(H2,20,21,22,24). The van der Waals surface area contributed by atoms with E-state index in [-0.39, 0.29) is 11.8 Å². The Morgan fingerprint density at radius 1 is 1.42 bits per heavy atom. The van der Waals surface area contributed by atoms with Crippen LogP contribution in [0.4, 0.5) is 10.6 Å². The number of fused-ring (bicyclic) bond motifs is 1. The third-order valence-electron chi connectivity index (χ3n) is 4.02. The number of alkyl halides is 1. The predicted octanol–water partition coefficient (Wildman–Crippen LogP) is 1.59. The lowest BCUT2D eigenvalue weighted by Crippen LogP contribution is -2.56. The molecule has 3 heterocycles. The summed E-state index contributed by atoms with van der Waals surface area (Å²) in [7, 11) is 0. The molecule has 1 saturated heterocycles. The molecule has 0 aromatic carbocycles. The zero-order valence-corrected chi connectivity index (χ0v) is 15.2. The second kappa shape index (κ2) is 7.88. The molecule has 1 aliphatic rings. The highest BCUT2D eigenvalue weighted by atomic mass is 127. The number of aromatic nitrogens is 3. The number of halogens is 1. The fourth-order valence-electron chi connectivity index (χ4n) is 2.84. The molecular formula is C15H19IN6O2. The Morgan fingerprint density at radius 3 is 3.04 bits per heavy atom. The van der Waals surface area contributed by atoms with Gasteiger partial charge in [0.15, 0.2) is 17.2 Å². The van der Waals surface area contributed by atoms with Gasteiger partial charge in [-0.1, -0.05) is 29.0 Å². The van der Waals surface area contributed by atoms with Gasteiger partial charge in [-0.2, -0.15) is 0 Å². The van der Waals surface area contributed by atoms with Crippen LogP contribution in [0.25, 0.3) is 11.2 Å². The van der Waals surface area contributed by atoms with Crippen LogP contribution in [0.3, 0.4) is 0 Å². The number of hydrogen-bond acceptors (Lipinski definition) is 5. The Bertz CT molecular complexity index is 728. The summed E-state index contributed by atoms with van der Waals surface area (Å²) in [6.45, 7) is 0.870. The van der Waals surface area contributed by atoms with E-state index in [9.17, 15) is 9.59 Å². The molecule has 3 rings (SSSR count). The summed E-state index contributed by atoms with van der Waals surface area (Å²) in [4.78, 5) is 35.9. The molecular weight excluding hydrogens is 423 g/mol. The highest BCUT2D eigenvalue weighted by molar-refractivity contribution is 14.1. The van der Waals surface area contributed by atoms with Crippen LogP contribution in [0.1, 0.15) is 19.3 Å². The molecule has 0 saturated carbocycles. The molecule has 0 bridgehead atoms. The SMILES string of the molecule is O=C(Nc1cnc2[nH]ccc2n1)NC(C(=O)CI)C1CCCCN1. The number of amides is 2. The van der Waals surface area contributed by atoms with Crippen molar-refractivity contribution in [2.45, 2.75) is 31.3 Å². The fourth-order valence-corrected chi connectivity index (χ4v) is 3.31. The first-order valence-electron chi connectivity index (χ1n) is 7.87. The smallest absolute Gasteiger partial charge is 0.321 e. The largest absolute Gasteiger partial charge is 0.345 e. The van der Waals surface area contributed by atoms with Crippen molar-refractivity contribution in [3.8, 4) is 0 Å². The summed E-state index contributed by atoms with van der Waals surface area (Å²) >= 11 is 2.03. The van der Waals surface area contributed by atoms with Crippen LogP contribution in [0.2, 0.25) is 0 Å². The molecule has 2 unspecified atom stereocenters. The molecule has 1 fully saturated rings. The van der Waals surface area contributed by atoms with Crippen LogP contribution < -0.4 is 16.0 Å². The third kappa shape index (κ3) is 4.01. The van der Waals surface area contributed by atoms with Gasteiger partial charge in [-0.3, -0.25) is 10.1 Å². The zero-order valence-electron chi connectivity index (χ0n) is 13.0. The van der Waals surface area contributed by atoms with Crippen molar-refractivity contribution in [1.29, 1.82) is 0 Å². The first kappa shape index (κ1) is 17.1. The lowest BCUT2D eigenvalue weighted by molar-refractivity contribution is -0.118. The summed E-state index contributed by atoms with van der Waals surface area (Å²) in [5.74, 6) is 0.356. The van der Waals surface area contributed by atoms with Crippen LogP contribution in [0.15, 0.2) is 18.5 Å². The van der Waals surface area contributed by atoms with E-state index < -0.39 is 12.1 Å². The number of anilines is 1. The van der Waals surface area contributed by atoms with Gasteiger partial charge in [-0.25, -0.2) is 14.8 Å². The minimum absolute atomic E-state index is 0.0114. The number of carbonyl (C=O) groups excluding carboxylic acids is 2. The Labute approximate surface area is 152 Å². The molecule has 8 nitrogen and oxygen atoms in total. The number of carbonyl (C=O) groups is 2. The van der Waals surface area contributed by atoms with Gasteiger partial charge < -0.3 is 15.6 Å². The van der Waals surface area contributed by atoms with E-state index >= 15 is 0 Å². The van der Waals surface area contributed by atoms with Crippen molar-refractivity contribution in [3.05, 3.63) is 18.5 Å². The summed E-state index contributed by atoms with van der Waals surface area (Å²) in [5.41, 5.74) is 1.33. The molecule has 2 amide bonds. The van der Waals surface area contributed by atoms with Gasteiger partial charge in [0.25, 0.3) is 0 Å². The van der Waals surface area contributed by atoms with E-state index in [2.05, 4.69) is 30.9 Å². The second-order valence-corrected chi connectivity index (χ2v) is 6.46. The molecule has 0 spiro atoms. The van der Waals surface area contributed by atoms with Gasteiger partial charge in [0.1, 0.15) is 11.6 Å². The average Bonchev–Trinajstić information content (AvgIpc) is 3.07. The summed E-state index contributed by atoms with van der Waals surface area (Å²) in [6.07, 6.45) is 6.25. The Hall–Kier alpha value is -1.75. The number of hydrogen-bond donors (Lipinski definition) is 4. The summed E-state index contributed by atoms with van der Waals surface area (Å²) in [5, 5.41) is 8.76. The van der Waals surface area contributed by atoms with E-state index in [1.54, 1.807) is 12.3 Å². The predicted molar refractivity (Wildman–Crippen MR) is 99.4 cm³/mol. The van der Waals surface area contributed by atoms with Crippen molar-refractivity contribution >= 4 is 51.4 Å². The van der Waals surface area contributed by atoms with Gasteiger partial charge in [0, 0.05) is 12.2 Å². The average molecular weight is 442 g/mol. The van der Waals surface area contributed by atoms with E-state index in [1.165, 1.54) is 6.20 Å². The highest BCUT2D eigenvalue weighted by Gasteiger charge is 2.30. The molecule has 0 aliphatic carbocycles. The Kier molecular flexibility index (Phi) is 5.61. The molecule has 24 heavy (non-hydrogen) atoms. The Morgan fingerprint density at radius 2 is 2.29 bits per heavy atom. The molecule has 9 heteroatoms. The van der Waals surface area contributed by atoms with Crippen molar-refractivity contribution in [2.75, 3.05) is 16.3 Å². The van der Waals surface area contributed by atoms with E-state index in [0.29, 0.717) is 21.4 Å². The number of piperidine rings is 1. The minimum Gasteiger partial charge on any atom is -0.345 e. The van der Waals surface area contributed by atoms with Crippen LogP contribution >= 0.6 is 22.6 Å². The molecule has 2 aromatic heterocycles. The maximum atomic E-state index is 12.3. The number of urea groups is 1. The number of rotatable bonds is 5. The maximum Gasteiger partial charge on any atom is 0.321 e. The van der Waals surface area contributed by atoms with Crippen LogP contribution in [-0.4, -0.2) is 49.8 Å². The molecule has 2 aromatic rings. The number of ketones is 1. The zero-order chi connectivity index (χ0) is 16.9. The van der Waals surface area contributed by atoms with E-state index in [4.69, 9.17) is 0 Å². The third-order valence-corrected chi connectivity index (χ3v) is 4.77. The van der Waals surface area contributed by atoms with Gasteiger partial charge in [0.2, 0.25) is 0 Å². The lowest BCUT2D eigenvalue weighted by Gasteiger charge is -2.30. The van der Waals surface area contributed by atoms with E-state index in [0.717, 1.165) is 25.8 Å². The number of H-pyrrole nitrogens is 1. The fraction of sp³-hybridized carbons (Fsp3) is 0.467. The van der Waals surface area contributed by atoms with Gasteiger partial charge in [0.05, 0.1) is 10.6 Å². The van der Waals surface area contributed by atoms with E-state index in [1.807, 2.05) is 22.6 Å². The molecule has 128 valence electrons. The number of Topliss-reactive ketones (excluding diaryl/α,β-unsaturated/α-hetero) is 1. The molecule has 4 N–H and O–H groups in total. The van der Waals surface area contributed by atoms with Crippen LogP contribution in [0, 0.1) is 0 Å². The monoisotopic (exact) mass is 442 g/mol. The van der Waals surface area contributed by atoms with Gasteiger partial charge >= 0.3 is 6.03 Å². The van der Waals surface area contributed by atoms with Crippen molar-refractivity contribution < 1.29 is 9.59 Å². The topological polar surface area (TPSA) is 112 Å². The second-order valence-electron chi connectivity index (χ2n) is 5.70. The molecule has 1 aliphatic heterocycles. The summed E-state index contributed by atoms with van der Waals surface area (Å²) < 4.78 is 0.357. The molecule has 0 radical (unpaired) electrons. The number of nitrogens with one attached hydrogen (secondary N) is 4. The first-order chi connectivity index (χ1) is 11.7. The van der Waals surface area contributed by atoms with Crippen LogP contribution in [0.5, 0.6) is 0 Å². The minimum atomic E-state index is -0.536. The van der Waals surface area contributed by atoms with Crippen molar-refractivity contribution in [3.63, 3.8) is 0 Å². The van der Waals surface area contributed by atoms with Gasteiger partial charge in [-0.05, 0) is 25.5 Å². The molecule has 2 atom stereocenters. The number of aromatic amines is 1. The Balaban J connectivity index is 1.66. The highest BCUT2D eigenvalue weighted by Crippen LogP contribution is 2.13. The lowest BCUT2D eigenvalue weighted by atomic mass is 9.95. The number of nitrogens with zero attached hydrogens (tertiary/aromatic N) is 2.